The van der Waals surface area contributed by atoms with E-state index in [1.165, 1.54) is 5.56 Å². The Labute approximate surface area is 295 Å². The molecule has 264 valence electrons. The van der Waals surface area contributed by atoms with Crippen molar-refractivity contribution in [3.63, 3.8) is 0 Å². The molecule has 0 saturated carbocycles. The van der Waals surface area contributed by atoms with E-state index in [1.54, 1.807) is 23.0 Å². The predicted molar refractivity (Wildman–Crippen MR) is 193 cm³/mol. The summed E-state index contributed by atoms with van der Waals surface area (Å²) in [5.41, 5.74) is 3.23. The van der Waals surface area contributed by atoms with Crippen molar-refractivity contribution in [3.8, 4) is 11.5 Å². The molecule has 3 aromatic rings. The number of benzene rings is 3. The number of anilines is 1. The molecule has 10 heteroatoms. The molecule has 0 aromatic heterocycles. The van der Waals surface area contributed by atoms with Gasteiger partial charge in [0.25, 0.3) is 5.91 Å². The highest BCUT2D eigenvalue weighted by atomic mass is 35.5. The normalized spacial score (nSPS) is 18.2. The summed E-state index contributed by atoms with van der Waals surface area (Å²) in [6.07, 6.45) is 1.06. The third-order valence-electron chi connectivity index (χ3n) is 8.67. The van der Waals surface area contributed by atoms with Gasteiger partial charge >= 0.3 is 0 Å². The predicted octanol–water partition coefficient (Wildman–Crippen LogP) is 6.46. The first kappa shape index (κ1) is 36.6. The largest absolute Gasteiger partial charge is 0.492 e. The Kier molecular flexibility index (Phi) is 13.0. The standard InChI is InChI=1S/C39H50ClN3O6/c1-39(2,3)27-43-32-17-16-29(40)25-31(32)36(49-34(38(43)45)26-35(44)42-20-23-47-24-21-42)30-14-8-15-33(37(30)46-4)48-22-10-19-41-18-9-13-28-11-6-5-7-12-28/h5-8,11-12,14-17,25,34,36,41H,9-10,13,18-24,26-27H2,1-4H3. The number of nitrogens with one attached hydrogen (secondary N) is 1. The van der Waals surface area contributed by atoms with Gasteiger partial charge in [-0.15, -0.1) is 0 Å². The molecule has 1 N–H and O–H groups in total. The van der Waals surface area contributed by atoms with Gasteiger partial charge in [0.1, 0.15) is 12.2 Å². The minimum Gasteiger partial charge on any atom is -0.492 e. The second kappa shape index (κ2) is 17.3. The number of para-hydroxylation sites is 1. The second-order valence-electron chi connectivity index (χ2n) is 13.8. The number of morpholine rings is 1. The van der Waals surface area contributed by atoms with Crippen molar-refractivity contribution in [3.05, 3.63) is 88.4 Å². The van der Waals surface area contributed by atoms with Crippen molar-refractivity contribution < 1.29 is 28.5 Å². The molecule has 49 heavy (non-hydrogen) atoms. The Morgan fingerprint density at radius 1 is 0.980 bits per heavy atom. The molecule has 5 rings (SSSR count). The van der Waals surface area contributed by atoms with Gasteiger partial charge in [-0.25, -0.2) is 0 Å². The summed E-state index contributed by atoms with van der Waals surface area (Å²) in [5.74, 6) is 0.701. The minimum absolute atomic E-state index is 0.0887. The summed E-state index contributed by atoms with van der Waals surface area (Å²) in [7, 11) is 1.60. The maximum absolute atomic E-state index is 14.3. The molecule has 2 amide bonds. The van der Waals surface area contributed by atoms with Crippen LogP contribution in [0.3, 0.4) is 0 Å². The highest BCUT2D eigenvalue weighted by Crippen LogP contribution is 2.45. The molecular formula is C39H50ClN3O6. The first-order valence-electron chi connectivity index (χ1n) is 17.3. The van der Waals surface area contributed by atoms with Gasteiger partial charge in [0, 0.05) is 41.5 Å². The Bertz CT molecular complexity index is 1540. The van der Waals surface area contributed by atoms with Gasteiger partial charge in [-0.1, -0.05) is 74.8 Å². The molecule has 2 aliphatic heterocycles. The fraction of sp³-hybridized carbons (Fsp3) is 0.487. The molecule has 1 fully saturated rings. The maximum Gasteiger partial charge on any atom is 0.256 e. The summed E-state index contributed by atoms with van der Waals surface area (Å²) in [5, 5.41) is 4.02. The van der Waals surface area contributed by atoms with Crippen LogP contribution in [0.25, 0.3) is 0 Å². The number of hydrogen-bond donors (Lipinski definition) is 1. The van der Waals surface area contributed by atoms with Crippen LogP contribution in [-0.4, -0.2) is 82.5 Å². The summed E-state index contributed by atoms with van der Waals surface area (Å²) in [4.78, 5) is 31.3. The Balaban J connectivity index is 1.35. The zero-order valence-corrected chi connectivity index (χ0v) is 30.0. The molecule has 9 nitrogen and oxygen atoms in total. The fourth-order valence-electron chi connectivity index (χ4n) is 6.32. The minimum atomic E-state index is -1.03. The summed E-state index contributed by atoms with van der Waals surface area (Å²) in [6.45, 7) is 10.9. The number of nitrogens with zero attached hydrogens (tertiary/aromatic N) is 2. The third kappa shape index (κ3) is 9.97. The van der Waals surface area contributed by atoms with E-state index in [-0.39, 0.29) is 23.7 Å². The van der Waals surface area contributed by atoms with Crippen molar-refractivity contribution >= 4 is 29.1 Å². The number of methoxy groups -OCH3 is 1. The number of ether oxygens (including phenoxy) is 4. The lowest BCUT2D eigenvalue weighted by molar-refractivity contribution is -0.145. The Morgan fingerprint density at radius 2 is 1.73 bits per heavy atom. The van der Waals surface area contributed by atoms with E-state index in [2.05, 4.69) is 50.4 Å². The van der Waals surface area contributed by atoms with Crippen LogP contribution in [0, 0.1) is 5.41 Å². The van der Waals surface area contributed by atoms with Crippen LogP contribution in [0.5, 0.6) is 11.5 Å². The molecular weight excluding hydrogens is 642 g/mol. The number of carbonyl (C=O) groups is 2. The van der Waals surface area contributed by atoms with E-state index in [0.717, 1.165) is 37.9 Å². The zero-order chi connectivity index (χ0) is 34.8. The number of rotatable bonds is 14. The van der Waals surface area contributed by atoms with Crippen LogP contribution < -0.4 is 19.7 Å². The molecule has 0 aliphatic carbocycles. The molecule has 1 saturated heterocycles. The van der Waals surface area contributed by atoms with Gasteiger partial charge in [-0.3, -0.25) is 9.59 Å². The lowest BCUT2D eigenvalue weighted by atomic mass is 9.94. The lowest BCUT2D eigenvalue weighted by Gasteiger charge is -2.32. The Morgan fingerprint density at radius 3 is 2.47 bits per heavy atom. The van der Waals surface area contributed by atoms with E-state index >= 15 is 0 Å². The average Bonchev–Trinajstić information content (AvgIpc) is 3.19. The van der Waals surface area contributed by atoms with Crippen molar-refractivity contribution in [2.24, 2.45) is 5.41 Å². The van der Waals surface area contributed by atoms with Crippen LogP contribution in [0.15, 0.2) is 66.7 Å². The van der Waals surface area contributed by atoms with Crippen molar-refractivity contribution in [2.45, 2.75) is 58.7 Å². The topological polar surface area (TPSA) is 89.6 Å². The van der Waals surface area contributed by atoms with Crippen LogP contribution >= 0.6 is 11.6 Å². The summed E-state index contributed by atoms with van der Waals surface area (Å²) in [6, 6.07) is 21.7. The van der Waals surface area contributed by atoms with E-state index in [9.17, 15) is 9.59 Å². The van der Waals surface area contributed by atoms with Gasteiger partial charge < -0.3 is 34.1 Å². The summed E-state index contributed by atoms with van der Waals surface area (Å²) < 4.78 is 24.4. The van der Waals surface area contributed by atoms with Crippen LogP contribution in [0.1, 0.15) is 62.8 Å². The summed E-state index contributed by atoms with van der Waals surface area (Å²) >= 11 is 6.59. The van der Waals surface area contributed by atoms with E-state index in [4.69, 9.17) is 30.5 Å². The van der Waals surface area contributed by atoms with Crippen LogP contribution in [0.4, 0.5) is 5.69 Å². The van der Waals surface area contributed by atoms with Crippen molar-refractivity contribution in [1.82, 2.24) is 10.2 Å². The zero-order valence-electron chi connectivity index (χ0n) is 29.2. The van der Waals surface area contributed by atoms with Gasteiger partial charge in [0.05, 0.1) is 33.4 Å². The van der Waals surface area contributed by atoms with Gasteiger partial charge in [-0.05, 0) is 67.6 Å². The highest BCUT2D eigenvalue weighted by molar-refractivity contribution is 6.30. The second-order valence-corrected chi connectivity index (χ2v) is 14.2. The monoisotopic (exact) mass is 691 g/mol. The highest BCUT2D eigenvalue weighted by Gasteiger charge is 2.40. The average molecular weight is 692 g/mol. The van der Waals surface area contributed by atoms with Gasteiger partial charge in [0.15, 0.2) is 11.5 Å². The third-order valence-corrected chi connectivity index (χ3v) is 8.91. The lowest BCUT2D eigenvalue weighted by Crippen LogP contribution is -2.47. The number of fused-ring (bicyclic) bond motifs is 1. The number of aryl methyl sites for hydroxylation is 1. The first-order valence-corrected chi connectivity index (χ1v) is 17.7. The van der Waals surface area contributed by atoms with Crippen LogP contribution in [0.2, 0.25) is 5.02 Å². The number of carbonyl (C=O) groups excluding carboxylic acids is 2. The smallest absolute Gasteiger partial charge is 0.256 e. The first-order chi connectivity index (χ1) is 23.6. The fourth-order valence-corrected chi connectivity index (χ4v) is 6.50. The van der Waals surface area contributed by atoms with Gasteiger partial charge in [-0.2, -0.15) is 0 Å². The van der Waals surface area contributed by atoms with E-state index in [0.29, 0.717) is 67.2 Å². The number of halogens is 1. The van der Waals surface area contributed by atoms with Crippen molar-refractivity contribution in [1.29, 1.82) is 0 Å². The molecule has 2 atom stereocenters. The Hall–Kier alpha value is -3.63. The van der Waals surface area contributed by atoms with Crippen LogP contribution in [-0.2, 0) is 25.5 Å². The molecule has 0 spiro atoms. The molecule has 2 heterocycles. The maximum atomic E-state index is 14.3. The number of hydrogen-bond acceptors (Lipinski definition) is 7. The van der Waals surface area contributed by atoms with Crippen molar-refractivity contribution in [2.75, 3.05) is 64.6 Å². The molecule has 0 radical (unpaired) electrons. The molecule has 3 aromatic carbocycles. The molecule has 2 aliphatic rings. The SMILES string of the molecule is COc1c(OCCCNCCCc2ccccc2)cccc1C1OC(CC(=O)N2CCOCC2)C(=O)N(CC(C)(C)C)c2ccc(Cl)cc21. The van der Waals surface area contributed by atoms with Gasteiger partial charge in [0.2, 0.25) is 5.91 Å². The molecule has 0 bridgehead atoms. The number of amides is 2. The quantitative estimate of drug-likeness (QED) is 0.194. The molecule has 2 unspecified atom stereocenters. The van der Waals surface area contributed by atoms with E-state index in [1.807, 2.05) is 36.4 Å². The van der Waals surface area contributed by atoms with E-state index < -0.39 is 12.2 Å².